The third kappa shape index (κ3) is 4.20. The Balaban J connectivity index is 2.20. The molecule has 1 heterocycles. The van der Waals surface area contributed by atoms with Crippen LogP contribution in [0.4, 0.5) is 5.69 Å². The minimum Gasteiger partial charge on any atom is -0.491 e. The van der Waals surface area contributed by atoms with Gasteiger partial charge in [0.15, 0.2) is 0 Å². The third-order valence-corrected chi connectivity index (χ3v) is 3.04. The zero-order valence-corrected chi connectivity index (χ0v) is 12.8. The Hall–Kier alpha value is -2.07. The molecule has 0 bridgehead atoms. The van der Waals surface area contributed by atoms with Gasteiger partial charge in [-0.05, 0) is 43.2 Å². The van der Waals surface area contributed by atoms with Gasteiger partial charge in [0.2, 0.25) is 0 Å². The van der Waals surface area contributed by atoms with E-state index in [9.17, 15) is 4.79 Å². The van der Waals surface area contributed by atoms with Crippen molar-refractivity contribution in [3.05, 3.63) is 52.8 Å². The van der Waals surface area contributed by atoms with E-state index in [0.29, 0.717) is 23.1 Å². The number of carbonyl (C=O) groups is 1. The fraction of sp³-hybridized carbons (Fsp3) is 0.250. The number of ether oxygens (including phenoxy) is 1. The van der Waals surface area contributed by atoms with Crippen molar-refractivity contribution in [2.75, 3.05) is 11.9 Å². The second kappa shape index (κ2) is 7.09. The number of hydrogen-bond acceptors (Lipinski definition) is 3. The summed E-state index contributed by atoms with van der Waals surface area (Å²) in [4.78, 5) is 16.2. The molecule has 2 aromatic rings. The summed E-state index contributed by atoms with van der Waals surface area (Å²) in [5.41, 5.74) is 1.96. The standard InChI is InChI=1S/C16H17ClN2O2/c1-3-8-21-15-9-11(2)4-5-13(15)19-16(20)14-10-12(17)6-7-18-14/h4-7,9-10H,3,8H2,1-2H3,(H,19,20). The van der Waals surface area contributed by atoms with E-state index in [4.69, 9.17) is 16.3 Å². The van der Waals surface area contributed by atoms with Gasteiger partial charge < -0.3 is 10.1 Å². The summed E-state index contributed by atoms with van der Waals surface area (Å²) in [5.74, 6) is 0.343. The van der Waals surface area contributed by atoms with Crippen molar-refractivity contribution in [1.82, 2.24) is 4.98 Å². The molecule has 1 amide bonds. The Morgan fingerprint density at radius 3 is 2.86 bits per heavy atom. The van der Waals surface area contributed by atoms with E-state index >= 15 is 0 Å². The molecular weight excluding hydrogens is 288 g/mol. The summed E-state index contributed by atoms with van der Waals surface area (Å²) in [6, 6.07) is 8.79. The van der Waals surface area contributed by atoms with Gasteiger partial charge in [0, 0.05) is 11.2 Å². The van der Waals surface area contributed by atoms with Crippen LogP contribution in [-0.4, -0.2) is 17.5 Å². The van der Waals surface area contributed by atoms with Crippen LogP contribution in [-0.2, 0) is 0 Å². The molecule has 0 unspecified atom stereocenters. The molecule has 21 heavy (non-hydrogen) atoms. The van der Waals surface area contributed by atoms with E-state index in [1.165, 1.54) is 12.3 Å². The number of nitrogens with one attached hydrogen (secondary N) is 1. The predicted octanol–water partition coefficient (Wildman–Crippen LogP) is 4.08. The van der Waals surface area contributed by atoms with Crippen LogP contribution in [0, 0.1) is 6.92 Å². The number of benzene rings is 1. The zero-order chi connectivity index (χ0) is 15.2. The van der Waals surface area contributed by atoms with E-state index in [0.717, 1.165) is 12.0 Å². The van der Waals surface area contributed by atoms with Crippen LogP contribution >= 0.6 is 11.6 Å². The van der Waals surface area contributed by atoms with Crippen LogP contribution in [0.15, 0.2) is 36.5 Å². The summed E-state index contributed by atoms with van der Waals surface area (Å²) >= 11 is 5.87. The zero-order valence-electron chi connectivity index (χ0n) is 12.0. The van der Waals surface area contributed by atoms with Crippen molar-refractivity contribution < 1.29 is 9.53 Å². The number of hydrogen-bond donors (Lipinski definition) is 1. The maximum absolute atomic E-state index is 12.2. The molecule has 1 aromatic carbocycles. The molecule has 110 valence electrons. The minimum atomic E-state index is -0.317. The molecule has 0 saturated carbocycles. The fourth-order valence-corrected chi connectivity index (χ4v) is 1.94. The van der Waals surface area contributed by atoms with Crippen LogP contribution in [0.1, 0.15) is 29.4 Å². The Kier molecular flexibility index (Phi) is 5.17. The van der Waals surface area contributed by atoms with Gasteiger partial charge >= 0.3 is 0 Å². The highest BCUT2D eigenvalue weighted by Gasteiger charge is 2.11. The minimum absolute atomic E-state index is 0.268. The van der Waals surface area contributed by atoms with Crippen LogP contribution < -0.4 is 10.1 Å². The summed E-state index contributed by atoms with van der Waals surface area (Å²) in [6.07, 6.45) is 2.40. The van der Waals surface area contributed by atoms with Gasteiger partial charge in [0.05, 0.1) is 12.3 Å². The largest absolute Gasteiger partial charge is 0.491 e. The Morgan fingerprint density at radius 1 is 1.33 bits per heavy atom. The first-order valence-electron chi connectivity index (χ1n) is 6.76. The number of aryl methyl sites for hydroxylation is 1. The molecule has 1 N–H and O–H groups in total. The highest BCUT2D eigenvalue weighted by atomic mass is 35.5. The first-order chi connectivity index (χ1) is 10.1. The van der Waals surface area contributed by atoms with Crippen molar-refractivity contribution in [3.63, 3.8) is 0 Å². The average molecular weight is 305 g/mol. The lowest BCUT2D eigenvalue weighted by atomic mass is 10.2. The van der Waals surface area contributed by atoms with Gasteiger partial charge in [-0.2, -0.15) is 0 Å². The molecule has 0 radical (unpaired) electrons. The molecule has 2 rings (SSSR count). The number of halogens is 1. The van der Waals surface area contributed by atoms with Crippen molar-refractivity contribution >= 4 is 23.2 Å². The van der Waals surface area contributed by atoms with Gasteiger partial charge in [0.1, 0.15) is 11.4 Å². The summed E-state index contributed by atoms with van der Waals surface area (Å²) in [6.45, 7) is 4.61. The lowest BCUT2D eigenvalue weighted by Crippen LogP contribution is -2.14. The van der Waals surface area contributed by atoms with Gasteiger partial charge in [-0.3, -0.25) is 9.78 Å². The smallest absolute Gasteiger partial charge is 0.274 e. The van der Waals surface area contributed by atoms with E-state index in [1.807, 2.05) is 32.0 Å². The monoisotopic (exact) mass is 304 g/mol. The van der Waals surface area contributed by atoms with Gasteiger partial charge in [0.25, 0.3) is 5.91 Å². The predicted molar refractivity (Wildman–Crippen MR) is 84.2 cm³/mol. The summed E-state index contributed by atoms with van der Waals surface area (Å²) in [5, 5.41) is 3.28. The van der Waals surface area contributed by atoms with Crippen LogP contribution in [0.2, 0.25) is 5.02 Å². The van der Waals surface area contributed by atoms with E-state index < -0.39 is 0 Å². The third-order valence-electron chi connectivity index (χ3n) is 2.80. The molecule has 0 aliphatic heterocycles. The van der Waals surface area contributed by atoms with Crippen molar-refractivity contribution in [3.8, 4) is 5.75 Å². The molecule has 4 nitrogen and oxygen atoms in total. The normalized spacial score (nSPS) is 10.2. The molecule has 1 aromatic heterocycles. The number of carbonyl (C=O) groups excluding carboxylic acids is 1. The van der Waals surface area contributed by atoms with E-state index in [-0.39, 0.29) is 11.6 Å². The summed E-state index contributed by atoms with van der Waals surface area (Å²) in [7, 11) is 0. The van der Waals surface area contributed by atoms with Crippen LogP contribution in [0.5, 0.6) is 5.75 Å². The second-order valence-corrected chi connectivity index (χ2v) is 5.10. The van der Waals surface area contributed by atoms with Crippen LogP contribution in [0.25, 0.3) is 0 Å². The quantitative estimate of drug-likeness (QED) is 0.905. The fourth-order valence-electron chi connectivity index (χ4n) is 1.78. The number of aromatic nitrogens is 1. The number of pyridine rings is 1. The molecule has 5 heteroatoms. The maximum Gasteiger partial charge on any atom is 0.274 e. The lowest BCUT2D eigenvalue weighted by molar-refractivity contribution is 0.102. The first-order valence-corrected chi connectivity index (χ1v) is 7.14. The Bertz CT molecular complexity index is 644. The molecular formula is C16H17ClN2O2. The average Bonchev–Trinajstić information content (AvgIpc) is 2.47. The number of rotatable bonds is 5. The second-order valence-electron chi connectivity index (χ2n) is 4.66. The van der Waals surface area contributed by atoms with Crippen LogP contribution in [0.3, 0.4) is 0 Å². The molecule has 0 saturated heterocycles. The van der Waals surface area contributed by atoms with Gasteiger partial charge in [-0.25, -0.2) is 0 Å². The maximum atomic E-state index is 12.2. The number of anilines is 1. The highest BCUT2D eigenvalue weighted by Crippen LogP contribution is 2.26. The Morgan fingerprint density at radius 2 is 2.14 bits per heavy atom. The SMILES string of the molecule is CCCOc1cc(C)ccc1NC(=O)c1cc(Cl)ccn1. The molecule has 0 aliphatic rings. The summed E-state index contributed by atoms with van der Waals surface area (Å²) < 4.78 is 5.67. The van der Waals surface area contributed by atoms with E-state index in [1.54, 1.807) is 6.07 Å². The molecule has 0 aliphatic carbocycles. The molecule has 0 atom stereocenters. The van der Waals surface area contributed by atoms with Gasteiger partial charge in [-0.15, -0.1) is 0 Å². The molecule has 0 fully saturated rings. The lowest BCUT2D eigenvalue weighted by Gasteiger charge is -2.12. The van der Waals surface area contributed by atoms with E-state index in [2.05, 4.69) is 10.3 Å². The molecule has 0 spiro atoms. The van der Waals surface area contributed by atoms with Gasteiger partial charge in [-0.1, -0.05) is 24.6 Å². The van der Waals surface area contributed by atoms with Crippen molar-refractivity contribution in [2.45, 2.75) is 20.3 Å². The number of nitrogens with zero attached hydrogens (tertiary/aromatic N) is 1. The van der Waals surface area contributed by atoms with Crippen molar-refractivity contribution in [2.24, 2.45) is 0 Å². The first kappa shape index (κ1) is 15.3. The topological polar surface area (TPSA) is 51.2 Å². The number of amides is 1. The van der Waals surface area contributed by atoms with Crippen molar-refractivity contribution in [1.29, 1.82) is 0 Å². The Labute approximate surface area is 129 Å². The highest BCUT2D eigenvalue weighted by molar-refractivity contribution is 6.30.